The van der Waals surface area contributed by atoms with Crippen LogP contribution < -0.4 is 15.5 Å². The Bertz CT molecular complexity index is 498. The first-order valence-electron chi connectivity index (χ1n) is 8.43. The molecule has 2 amide bonds. The number of nitrogens with one attached hydrogen (secondary N) is 2. The molecule has 3 heterocycles. The van der Waals surface area contributed by atoms with Gasteiger partial charge in [0.15, 0.2) is 0 Å². The highest BCUT2D eigenvalue weighted by atomic mass is 16.5. The van der Waals surface area contributed by atoms with Crippen LogP contribution in [0.5, 0.6) is 0 Å². The van der Waals surface area contributed by atoms with E-state index in [1.165, 1.54) is 0 Å². The summed E-state index contributed by atoms with van der Waals surface area (Å²) in [5, 5.41) is 6.07. The van der Waals surface area contributed by atoms with Crippen molar-refractivity contribution in [2.45, 2.75) is 50.8 Å². The lowest BCUT2D eigenvalue weighted by atomic mass is 10.1. The second-order valence-electron chi connectivity index (χ2n) is 6.27. The number of carbonyl (C=O) groups excluding carboxylic acids is 1. The maximum absolute atomic E-state index is 12.1. The van der Waals surface area contributed by atoms with Crippen LogP contribution >= 0.6 is 0 Å². The second-order valence-corrected chi connectivity index (χ2v) is 6.27. The maximum Gasteiger partial charge on any atom is 0.315 e. The van der Waals surface area contributed by atoms with Crippen molar-refractivity contribution in [1.82, 2.24) is 20.6 Å². The summed E-state index contributed by atoms with van der Waals surface area (Å²) in [6.45, 7) is 4.52. The summed E-state index contributed by atoms with van der Waals surface area (Å²) >= 11 is 0. The molecule has 1 aromatic rings. The number of amides is 2. The van der Waals surface area contributed by atoms with Gasteiger partial charge in [0, 0.05) is 38.1 Å². The molecule has 126 valence electrons. The number of aromatic nitrogens is 2. The maximum atomic E-state index is 12.1. The predicted octanol–water partition coefficient (Wildman–Crippen LogP) is 1.31. The van der Waals surface area contributed by atoms with E-state index in [0.29, 0.717) is 0 Å². The van der Waals surface area contributed by atoms with Crippen molar-refractivity contribution in [2.24, 2.45) is 0 Å². The van der Waals surface area contributed by atoms with Gasteiger partial charge in [0.05, 0.1) is 12.1 Å². The fourth-order valence-corrected chi connectivity index (χ4v) is 3.20. The number of anilines is 1. The highest BCUT2D eigenvalue weighted by Gasteiger charge is 2.26. The van der Waals surface area contributed by atoms with E-state index < -0.39 is 0 Å². The minimum absolute atomic E-state index is 0.0512. The van der Waals surface area contributed by atoms with Crippen LogP contribution in [-0.4, -0.2) is 53.9 Å². The van der Waals surface area contributed by atoms with Crippen molar-refractivity contribution in [1.29, 1.82) is 0 Å². The lowest BCUT2D eigenvalue weighted by Crippen LogP contribution is -2.51. The van der Waals surface area contributed by atoms with Crippen LogP contribution in [0.4, 0.5) is 10.7 Å². The van der Waals surface area contributed by atoms with E-state index in [0.717, 1.165) is 51.3 Å². The van der Waals surface area contributed by atoms with Crippen LogP contribution in [0.2, 0.25) is 0 Å². The summed E-state index contributed by atoms with van der Waals surface area (Å²) in [5.74, 6) is 0.766. The summed E-state index contributed by atoms with van der Waals surface area (Å²) < 4.78 is 5.61. The zero-order chi connectivity index (χ0) is 16.1. The van der Waals surface area contributed by atoms with Gasteiger partial charge < -0.3 is 20.3 Å². The van der Waals surface area contributed by atoms with E-state index in [-0.39, 0.29) is 24.2 Å². The monoisotopic (exact) mass is 319 g/mol. The summed E-state index contributed by atoms with van der Waals surface area (Å²) in [7, 11) is 0. The molecule has 2 saturated heterocycles. The Morgan fingerprint density at radius 3 is 2.70 bits per heavy atom. The number of ether oxygens (including phenoxy) is 1. The van der Waals surface area contributed by atoms with Gasteiger partial charge in [0.1, 0.15) is 0 Å². The fourth-order valence-electron chi connectivity index (χ4n) is 3.20. The van der Waals surface area contributed by atoms with Crippen LogP contribution in [0.1, 0.15) is 32.6 Å². The third-order valence-electron chi connectivity index (χ3n) is 4.55. The number of hydrogen-bond donors (Lipinski definition) is 2. The Hall–Kier alpha value is -1.89. The molecule has 2 aliphatic heterocycles. The van der Waals surface area contributed by atoms with Crippen molar-refractivity contribution < 1.29 is 9.53 Å². The molecule has 0 aliphatic carbocycles. The van der Waals surface area contributed by atoms with Gasteiger partial charge in [-0.1, -0.05) is 0 Å². The SMILES string of the molecule is C[C@H](NC(=O)NC1CCN(c2ncccn2)CC1)[C@H]1CCCO1. The molecule has 0 saturated carbocycles. The second kappa shape index (κ2) is 7.59. The molecule has 2 atom stereocenters. The number of urea groups is 1. The van der Waals surface area contributed by atoms with Crippen LogP contribution in [0, 0.1) is 0 Å². The fraction of sp³-hybridized carbons (Fsp3) is 0.688. The number of carbonyl (C=O) groups is 1. The average molecular weight is 319 g/mol. The van der Waals surface area contributed by atoms with Crippen LogP contribution in [0.15, 0.2) is 18.5 Å². The van der Waals surface area contributed by atoms with Gasteiger partial charge in [-0.25, -0.2) is 14.8 Å². The average Bonchev–Trinajstić information content (AvgIpc) is 3.11. The van der Waals surface area contributed by atoms with Gasteiger partial charge in [-0.3, -0.25) is 0 Å². The first kappa shape index (κ1) is 16.0. The largest absolute Gasteiger partial charge is 0.376 e. The topological polar surface area (TPSA) is 79.4 Å². The third-order valence-corrected chi connectivity index (χ3v) is 4.55. The van der Waals surface area contributed by atoms with E-state index in [9.17, 15) is 4.79 Å². The van der Waals surface area contributed by atoms with E-state index >= 15 is 0 Å². The van der Waals surface area contributed by atoms with Gasteiger partial charge in [-0.05, 0) is 38.7 Å². The van der Waals surface area contributed by atoms with Crippen molar-refractivity contribution >= 4 is 12.0 Å². The first-order chi connectivity index (χ1) is 11.2. The highest BCUT2D eigenvalue weighted by Crippen LogP contribution is 2.16. The molecule has 3 rings (SSSR count). The Kier molecular flexibility index (Phi) is 5.27. The van der Waals surface area contributed by atoms with Crippen LogP contribution in [-0.2, 0) is 4.74 Å². The molecular weight excluding hydrogens is 294 g/mol. The van der Waals surface area contributed by atoms with E-state index in [2.05, 4.69) is 25.5 Å². The Balaban J connectivity index is 1.40. The Morgan fingerprint density at radius 2 is 2.04 bits per heavy atom. The summed E-state index contributed by atoms with van der Waals surface area (Å²) in [6.07, 6.45) is 7.58. The summed E-state index contributed by atoms with van der Waals surface area (Å²) in [4.78, 5) is 22.8. The summed E-state index contributed by atoms with van der Waals surface area (Å²) in [6, 6.07) is 1.97. The molecule has 1 aromatic heterocycles. The van der Waals surface area contributed by atoms with Gasteiger partial charge in [-0.15, -0.1) is 0 Å². The highest BCUT2D eigenvalue weighted by molar-refractivity contribution is 5.74. The van der Waals surface area contributed by atoms with Gasteiger partial charge in [0.2, 0.25) is 5.95 Å². The lowest BCUT2D eigenvalue weighted by molar-refractivity contribution is 0.0858. The van der Waals surface area contributed by atoms with Gasteiger partial charge in [0.25, 0.3) is 0 Å². The van der Waals surface area contributed by atoms with Gasteiger partial charge >= 0.3 is 6.03 Å². The number of rotatable bonds is 4. The Morgan fingerprint density at radius 1 is 1.30 bits per heavy atom. The quantitative estimate of drug-likeness (QED) is 0.875. The zero-order valence-corrected chi connectivity index (χ0v) is 13.6. The molecule has 0 unspecified atom stereocenters. The van der Waals surface area contributed by atoms with E-state index in [1.807, 2.05) is 13.0 Å². The number of hydrogen-bond acceptors (Lipinski definition) is 5. The zero-order valence-electron chi connectivity index (χ0n) is 13.6. The number of piperidine rings is 1. The van der Waals surface area contributed by atoms with Crippen molar-refractivity contribution in [2.75, 3.05) is 24.6 Å². The number of nitrogens with zero attached hydrogens (tertiary/aromatic N) is 3. The summed E-state index contributed by atoms with van der Waals surface area (Å²) in [5.41, 5.74) is 0. The molecule has 0 bridgehead atoms. The first-order valence-corrected chi connectivity index (χ1v) is 8.43. The minimum atomic E-state index is -0.0950. The normalized spacial score (nSPS) is 23.5. The van der Waals surface area contributed by atoms with E-state index in [1.54, 1.807) is 12.4 Å². The van der Waals surface area contributed by atoms with Gasteiger partial charge in [-0.2, -0.15) is 0 Å². The molecule has 7 nitrogen and oxygen atoms in total. The smallest absolute Gasteiger partial charge is 0.315 e. The third kappa shape index (κ3) is 4.31. The lowest BCUT2D eigenvalue weighted by Gasteiger charge is -2.32. The predicted molar refractivity (Wildman–Crippen MR) is 87.4 cm³/mol. The standard InChI is InChI=1S/C16H25N5O2/c1-12(14-4-2-11-23-14)19-16(22)20-13-5-9-21(10-6-13)15-17-7-3-8-18-15/h3,7-8,12-14H,2,4-6,9-11H2,1H3,(H2,19,20,22)/t12-,14+/m0/s1. The molecule has 2 fully saturated rings. The van der Waals surface area contributed by atoms with E-state index in [4.69, 9.17) is 4.74 Å². The molecule has 23 heavy (non-hydrogen) atoms. The molecule has 0 radical (unpaired) electrons. The molecule has 7 heteroatoms. The molecule has 2 aliphatic rings. The van der Waals surface area contributed by atoms with Crippen LogP contribution in [0.3, 0.4) is 0 Å². The van der Waals surface area contributed by atoms with Crippen molar-refractivity contribution in [3.05, 3.63) is 18.5 Å². The van der Waals surface area contributed by atoms with Crippen LogP contribution in [0.25, 0.3) is 0 Å². The molecule has 0 aromatic carbocycles. The molecule has 2 N–H and O–H groups in total. The van der Waals surface area contributed by atoms with Crippen molar-refractivity contribution in [3.8, 4) is 0 Å². The Labute approximate surface area is 136 Å². The van der Waals surface area contributed by atoms with Crippen molar-refractivity contribution in [3.63, 3.8) is 0 Å². The molecular formula is C16H25N5O2. The molecule has 0 spiro atoms. The minimum Gasteiger partial charge on any atom is -0.376 e.